The van der Waals surface area contributed by atoms with Crippen LogP contribution in [-0.2, 0) is 4.74 Å². The Kier molecular flexibility index (Phi) is 6.76. The van der Waals surface area contributed by atoms with Crippen molar-refractivity contribution in [2.45, 2.75) is 13.8 Å². The fourth-order valence-electron chi connectivity index (χ4n) is 2.30. The summed E-state index contributed by atoms with van der Waals surface area (Å²) in [6.07, 6.45) is 0. The molecule has 3 N–H and O–H groups in total. The Morgan fingerprint density at radius 3 is 2.64 bits per heavy atom. The molecule has 0 aliphatic carbocycles. The Hall–Kier alpha value is -1.50. The molecule has 0 aromatic heterocycles. The van der Waals surface area contributed by atoms with Gasteiger partial charge in [0.1, 0.15) is 13.1 Å². The number of nitrogens with one attached hydrogen (secondary N) is 3. The minimum absolute atomic E-state index is 0.569. The maximum Gasteiger partial charge on any atom is 0.187 e. The van der Waals surface area contributed by atoms with Gasteiger partial charge in [-0.15, -0.1) is 0 Å². The first-order chi connectivity index (χ1) is 10.6. The average molecular weight is 321 g/mol. The molecule has 1 heterocycles. The number of nitrogens with zero attached hydrogens (tertiary/aromatic N) is 1. The second-order valence-electron chi connectivity index (χ2n) is 5.54. The maximum absolute atomic E-state index is 5.34. The van der Waals surface area contributed by atoms with Crippen LogP contribution in [0, 0.1) is 6.92 Å². The van der Waals surface area contributed by atoms with E-state index in [0.29, 0.717) is 5.11 Å². The molecule has 0 unspecified atom stereocenters. The van der Waals surface area contributed by atoms with Crippen molar-refractivity contribution in [3.05, 3.63) is 35.4 Å². The van der Waals surface area contributed by atoms with E-state index in [0.717, 1.165) is 50.7 Å². The van der Waals surface area contributed by atoms with Gasteiger partial charge < -0.3 is 15.0 Å². The van der Waals surface area contributed by atoms with Crippen LogP contribution in [0.4, 0.5) is 0 Å². The summed E-state index contributed by atoms with van der Waals surface area (Å²) >= 11 is 5.25. The molecule has 0 saturated carbocycles. The number of aryl methyl sites for hydroxylation is 1. The molecule has 0 radical (unpaired) electrons. The normalized spacial score (nSPS) is 16.4. The molecule has 1 aromatic carbocycles. The van der Waals surface area contributed by atoms with Crippen LogP contribution in [0.1, 0.15) is 18.1 Å². The first-order valence-electron chi connectivity index (χ1n) is 7.71. The van der Waals surface area contributed by atoms with Crippen molar-refractivity contribution in [3.63, 3.8) is 0 Å². The molecule has 5 nitrogen and oxygen atoms in total. The molecule has 0 amide bonds. The summed E-state index contributed by atoms with van der Waals surface area (Å²) < 4.78 is 5.34. The minimum atomic E-state index is 0.569. The number of rotatable bonds is 5. The highest BCUT2D eigenvalue weighted by Crippen LogP contribution is 2.04. The number of hydrogen-bond acceptors (Lipinski definition) is 3. The predicted octanol–water partition coefficient (Wildman–Crippen LogP) is 0.0982. The Bertz CT molecular complexity index is 509. The molecule has 1 fully saturated rings. The Labute approximate surface area is 137 Å². The maximum atomic E-state index is 5.34. The first-order valence-corrected chi connectivity index (χ1v) is 8.12. The van der Waals surface area contributed by atoms with Gasteiger partial charge in [0.25, 0.3) is 0 Å². The Morgan fingerprint density at radius 2 is 1.95 bits per heavy atom. The number of morpholine rings is 1. The molecule has 120 valence electrons. The van der Waals surface area contributed by atoms with Gasteiger partial charge in [0, 0.05) is 0 Å². The summed E-state index contributed by atoms with van der Waals surface area (Å²) in [6.45, 7) is 9.81. The van der Waals surface area contributed by atoms with Gasteiger partial charge in [-0.1, -0.05) is 29.8 Å². The standard InChI is InChI=1S/C16H24N4OS/c1-13-3-5-15(6-4-13)14(2)18-19-16(22)17-7-8-20-9-11-21-12-10-20/h3-6H,7-12H2,1-2H3,(H2,17,19,22)/p+1/b18-14-. The van der Waals surface area contributed by atoms with Gasteiger partial charge in [-0.05, 0) is 31.6 Å². The topological polar surface area (TPSA) is 50.1 Å². The van der Waals surface area contributed by atoms with Crippen molar-refractivity contribution in [3.8, 4) is 0 Å². The molecular formula is C16H25N4OS+. The van der Waals surface area contributed by atoms with Gasteiger partial charge in [-0.2, -0.15) is 5.10 Å². The molecule has 1 saturated heterocycles. The predicted molar refractivity (Wildman–Crippen MR) is 93.5 cm³/mol. The number of benzene rings is 1. The third kappa shape index (κ3) is 5.71. The van der Waals surface area contributed by atoms with Crippen molar-refractivity contribution in [1.82, 2.24) is 10.7 Å². The fraction of sp³-hybridized carbons (Fsp3) is 0.500. The van der Waals surface area contributed by atoms with Gasteiger partial charge in [0.05, 0.1) is 32.0 Å². The highest BCUT2D eigenvalue weighted by Gasteiger charge is 2.12. The quantitative estimate of drug-likeness (QED) is 0.409. The molecule has 6 heteroatoms. The van der Waals surface area contributed by atoms with Crippen molar-refractivity contribution in [1.29, 1.82) is 0 Å². The smallest absolute Gasteiger partial charge is 0.187 e. The summed E-state index contributed by atoms with van der Waals surface area (Å²) in [7, 11) is 0. The van der Waals surface area contributed by atoms with E-state index in [1.165, 1.54) is 5.56 Å². The van der Waals surface area contributed by atoms with E-state index in [1.54, 1.807) is 4.90 Å². The van der Waals surface area contributed by atoms with Crippen LogP contribution >= 0.6 is 12.2 Å². The molecule has 0 spiro atoms. The van der Waals surface area contributed by atoms with E-state index in [1.807, 2.05) is 6.92 Å². The molecule has 1 aromatic rings. The SMILES string of the molecule is C/C(=N/NC(=S)NCC[NH+]1CCOCC1)c1ccc(C)cc1. The summed E-state index contributed by atoms with van der Waals surface area (Å²) in [6, 6.07) is 8.29. The lowest BCUT2D eigenvalue weighted by atomic mass is 10.1. The second kappa shape index (κ2) is 8.82. The Balaban J connectivity index is 1.69. The van der Waals surface area contributed by atoms with E-state index < -0.39 is 0 Å². The fourth-order valence-corrected chi connectivity index (χ4v) is 2.44. The number of quaternary nitrogens is 1. The molecule has 1 aliphatic rings. The van der Waals surface area contributed by atoms with Gasteiger partial charge in [-0.3, -0.25) is 5.43 Å². The zero-order valence-corrected chi connectivity index (χ0v) is 14.1. The minimum Gasteiger partial charge on any atom is -0.370 e. The van der Waals surface area contributed by atoms with Crippen molar-refractivity contribution in [2.75, 3.05) is 39.4 Å². The molecule has 2 rings (SSSR count). The highest BCUT2D eigenvalue weighted by atomic mass is 32.1. The number of ether oxygens (including phenoxy) is 1. The van der Waals surface area contributed by atoms with Crippen LogP contribution < -0.4 is 15.6 Å². The van der Waals surface area contributed by atoms with E-state index in [9.17, 15) is 0 Å². The molecule has 0 bridgehead atoms. The van der Waals surface area contributed by atoms with Gasteiger partial charge >= 0.3 is 0 Å². The van der Waals surface area contributed by atoms with Crippen LogP contribution in [0.5, 0.6) is 0 Å². The number of thiocarbonyl (C=S) groups is 1. The van der Waals surface area contributed by atoms with Crippen LogP contribution in [0.15, 0.2) is 29.4 Å². The first kappa shape index (κ1) is 16.9. The Morgan fingerprint density at radius 1 is 1.27 bits per heavy atom. The zero-order chi connectivity index (χ0) is 15.8. The van der Waals surface area contributed by atoms with Crippen LogP contribution in [0.25, 0.3) is 0 Å². The van der Waals surface area contributed by atoms with Crippen LogP contribution in [0.2, 0.25) is 0 Å². The van der Waals surface area contributed by atoms with Crippen LogP contribution in [-0.4, -0.2) is 50.2 Å². The number of hydrazone groups is 1. The zero-order valence-electron chi connectivity index (χ0n) is 13.3. The monoisotopic (exact) mass is 321 g/mol. The van der Waals surface area contributed by atoms with E-state index >= 15 is 0 Å². The van der Waals surface area contributed by atoms with Gasteiger partial charge in [-0.25, -0.2) is 0 Å². The van der Waals surface area contributed by atoms with E-state index in [4.69, 9.17) is 17.0 Å². The summed E-state index contributed by atoms with van der Waals surface area (Å²) in [5.74, 6) is 0. The second-order valence-corrected chi connectivity index (χ2v) is 5.95. The molecular weight excluding hydrogens is 296 g/mol. The van der Waals surface area contributed by atoms with Crippen molar-refractivity contribution < 1.29 is 9.64 Å². The van der Waals surface area contributed by atoms with Gasteiger partial charge in [0.2, 0.25) is 0 Å². The summed E-state index contributed by atoms with van der Waals surface area (Å²) in [5, 5.41) is 8.09. The molecule has 22 heavy (non-hydrogen) atoms. The lowest BCUT2D eigenvalue weighted by Crippen LogP contribution is -3.14. The largest absolute Gasteiger partial charge is 0.370 e. The summed E-state index contributed by atoms with van der Waals surface area (Å²) in [4.78, 5) is 1.56. The van der Waals surface area contributed by atoms with Crippen LogP contribution in [0.3, 0.4) is 0 Å². The third-order valence-corrected chi connectivity index (χ3v) is 3.99. The third-order valence-electron chi connectivity index (χ3n) is 3.76. The molecule has 0 atom stereocenters. The number of hydrogen-bond donors (Lipinski definition) is 3. The van der Waals surface area contributed by atoms with Gasteiger partial charge in [0.15, 0.2) is 5.11 Å². The van der Waals surface area contributed by atoms with E-state index in [-0.39, 0.29) is 0 Å². The summed E-state index contributed by atoms with van der Waals surface area (Å²) in [5.41, 5.74) is 6.17. The van der Waals surface area contributed by atoms with Crippen molar-refractivity contribution >= 4 is 23.0 Å². The molecule has 1 aliphatic heterocycles. The lowest BCUT2D eigenvalue weighted by molar-refractivity contribution is -0.906. The van der Waals surface area contributed by atoms with E-state index in [2.05, 4.69) is 47.0 Å². The lowest BCUT2D eigenvalue weighted by Gasteiger charge is -2.23. The van der Waals surface area contributed by atoms with Crippen molar-refractivity contribution in [2.24, 2.45) is 5.10 Å². The average Bonchev–Trinajstić information content (AvgIpc) is 2.54. The highest BCUT2D eigenvalue weighted by molar-refractivity contribution is 7.80.